The summed E-state index contributed by atoms with van der Waals surface area (Å²) in [6.07, 6.45) is 0. The zero-order valence-corrected chi connectivity index (χ0v) is 31.4. The molecular formula is C55H34N2O. The van der Waals surface area contributed by atoms with Crippen LogP contribution in [0, 0.1) is 0 Å². The fourth-order valence-electron chi connectivity index (χ4n) is 10.6. The average Bonchev–Trinajstić information content (AvgIpc) is 4.01. The molecule has 58 heavy (non-hydrogen) atoms. The van der Waals surface area contributed by atoms with Gasteiger partial charge in [-0.3, -0.25) is 0 Å². The van der Waals surface area contributed by atoms with Crippen LogP contribution in [0.3, 0.4) is 0 Å². The third-order valence-electron chi connectivity index (χ3n) is 12.8. The lowest BCUT2D eigenvalue weighted by atomic mass is 9.70. The fraction of sp³-hybridized carbons (Fsp3) is 0.0182. The minimum absolute atomic E-state index is 0.514. The van der Waals surface area contributed by atoms with Gasteiger partial charge in [-0.2, -0.15) is 0 Å². The molecule has 0 N–H and O–H groups in total. The van der Waals surface area contributed by atoms with Crippen LogP contribution in [0.5, 0.6) is 0 Å². The summed E-state index contributed by atoms with van der Waals surface area (Å²) < 4.78 is 9.11. The topological polar surface area (TPSA) is 21.3 Å². The highest BCUT2D eigenvalue weighted by molar-refractivity contribution is 6.28. The molecule has 0 saturated heterocycles. The second kappa shape index (κ2) is 11.7. The maximum absolute atomic E-state index is 6.57. The van der Waals surface area contributed by atoms with E-state index in [1.807, 2.05) is 0 Å². The Hall–Kier alpha value is -7.62. The van der Waals surface area contributed by atoms with Crippen molar-refractivity contribution in [2.45, 2.75) is 5.41 Å². The molecule has 2 aliphatic rings. The molecule has 2 aliphatic carbocycles. The summed E-state index contributed by atoms with van der Waals surface area (Å²) in [7, 11) is 0. The average molecular weight is 739 g/mol. The Kier molecular flexibility index (Phi) is 6.37. The van der Waals surface area contributed by atoms with Crippen molar-refractivity contribution >= 4 is 60.8 Å². The van der Waals surface area contributed by atoms with Gasteiger partial charge in [-0.05, 0) is 106 Å². The highest BCUT2D eigenvalue weighted by atomic mass is 16.3. The first kappa shape index (κ1) is 31.6. The molecule has 0 bridgehead atoms. The van der Waals surface area contributed by atoms with Crippen LogP contribution in [-0.4, -0.2) is 4.57 Å². The smallest absolute Gasteiger partial charge is 0.136 e. The van der Waals surface area contributed by atoms with Gasteiger partial charge in [0, 0.05) is 49.9 Å². The predicted octanol–water partition coefficient (Wildman–Crippen LogP) is 14.5. The molecule has 270 valence electrons. The van der Waals surface area contributed by atoms with E-state index < -0.39 is 5.41 Å². The Morgan fingerprint density at radius 3 is 1.55 bits per heavy atom. The Labute approximate surface area is 335 Å². The lowest BCUT2D eigenvalue weighted by molar-refractivity contribution is 0.669. The maximum Gasteiger partial charge on any atom is 0.136 e. The Morgan fingerprint density at radius 1 is 0.379 bits per heavy atom. The van der Waals surface area contributed by atoms with E-state index in [0.29, 0.717) is 0 Å². The van der Waals surface area contributed by atoms with Crippen molar-refractivity contribution in [3.63, 3.8) is 0 Å². The predicted molar refractivity (Wildman–Crippen MR) is 239 cm³/mol. The summed E-state index contributed by atoms with van der Waals surface area (Å²) in [4.78, 5) is 2.33. The van der Waals surface area contributed by atoms with Crippen molar-refractivity contribution < 1.29 is 4.42 Å². The van der Waals surface area contributed by atoms with Gasteiger partial charge in [-0.25, -0.2) is 0 Å². The second-order valence-electron chi connectivity index (χ2n) is 15.6. The number of nitrogens with zero attached hydrogens (tertiary/aromatic N) is 2. The Morgan fingerprint density at radius 2 is 0.914 bits per heavy atom. The van der Waals surface area contributed by atoms with E-state index in [0.717, 1.165) is 50.2 Å². The summed E-state index contributed by atoms with van der Waals surface area (Å²) in [6, 6.07) is 75.3. The minimum Gasteiger partial charge on any atom is -0.456 e. The quantitative estimate of drug-likeness (QED) is 0.179. The first-order valence-corrected chi connectivity index (χ1v) is 20.0. The molecule has 2 aromatic heterocycles. The van der Waals surface area contributed by atoms with Gasteiger partial charge in [-0.1, -0.05) is 140 Å². The lowest BCUT2D eigenvalue weighted by Gasteiger charge is -2.31. The van der Waals surface area contributed by atoms with E-state index in [2.05, 4.69) is 216 Å². The van der Waals surface area contributed by atoms with Gasteiger partial charge in [0.25, 0.3) is 0 Å². The van der Waals surface area contributed by atoms with Crippen molar-refractivity contribution in [2.24, 2.45) is 0 Å². The third kappa shape index (κ3) is 4.02. The van der Waals surface area contributed by atoms with Crippen LogP contribution in [0.2, 0.25) is 0 Å². The van der Waals surface area contributed by atoms with Gasteiger partial charge >= 0.3 is 0 Å². The van der Waals surface area contributed by atoms with E-state index >= 15 is 0 Å². The number of hydrogen-bond donors (Lipinski definition) is 0. The summed E-state index contributed by atoms with van der Waals surface area (Å²) in [5.41, 5.74) is 18.6. The van der Waals surface area contributed by atoms with E-state index in [-0.39, 0.29) is 0 Å². The Balaban J connectivity index is 1.17. The number of furan rings is 1. The van der Waals surface area contributed by atoms with Gasteiger partial charge < -0.3 is 13.9 Å². The number of aromatic nitrogens is 1. The largest absolute Gasteiger partial charge is 0.456 e. The molecule has 0 amide bonds. The van der Waals surface area contributed by atoms with Gasteiger partial charge in [0.2, 0.25) is 0 Å². The molecule has 0 atom stereocenters. The normalized spacial score (nSPS) is 13.3. The minimum atomic E-state index is -0.514. The van der Waals surface area contributed by atoms with Crippen LogP contribution < -0.4 is 4.90 Å². The van der Waals surface area contributed by atoms with Crippen molar-refractivity contribution in [3.8, 4) is 27.9 Å². The lowest BCUT2D eigenvalue weighted by Crippen LogP contribution is -2.26. The molecule has 11 aromatic rings. The number of hydrogen-bond acceptors (Lipinski definition) is 2. The highest BCUT2D eigenvalue weighted by Gasteiger charge is 2.53. The number of benzene rings is 9. The molecule has 0 fully saturated rings. The summed E-state index contributed by atoms with van der Waals surface area (Å²) in [5, 5.41) is 4.72. The van der Waals surface area contributed by atoms with Crippen molar-refractivity contribution in [1.29, 1.82) is 0 Å². The molecular weight excluding hydrogens is 705 g/mol. The summed E-state index contributed by atoms with van der Waals surface area (Å²) in [5.74, 6) is 0. The number of fused-ring (bicyclic) bond motifs is 18. The van der Waals surface area contributed by atoms with Crippen LogP contribution in [0.4, 0.5) is 17.1 Å². The van der Waals surface area contributed by atoms with E-state index in [1.54, 1.807) is 0 Å². The molecule has 0 saturated carbocycles. The van der Waals surface area contributed by atoms with E-state index in [4.69, 9.17) is 4.42 Å². The van der Waals surface area contributed by atoms with Crippen LogP contribution in [-0.2, 0) is 5.41 Å². The monoisotopic (exact) mass is 738 g/mol. The maximum atomic E-state index is 6.57. The standard InChI is InChI=1S/C55H34N2O/c1-3-15-35(16-4-1)56(36-17-5-2-6-18-36)37-27-29-38(30-28-37)57-48-33-34-50-52(43-22-10-14-26-49(43)58-50)51(48)44-32-31-42-41-21-9-13-25-47(41)55(53(42)54(44)57)45-23-11-7-19-39(45)40-20-8-12-24-46(40)55/h1-34H. The van der Waals surface area contributed by atoms with Crippen LogP contribution in [0.25, 0.3) is 71.7 Å². The third-order valence-corrected chi connectivity index (χ3v) is 12.8. The van der Waals surface area contributed by atoms with Gasteiger partial charge in [0.1, 0.15) is 11.2 Å². The van der Waals surface area contributed by atoms with Gasteiger partial charge in [-0.15, -0.1) is 0 Å². The van der Waals surface area contributed by atoms with Crippen LogP contribution in [0.1, 0.15) is 22.3 Å². The highest BCUT2D eigenvalue weighted by Crippen LogP contribution is 2.64. The molecule has 9 aromatic carbocycles. The number of anilines is 3. The first-order chi connectivity index (χ1) is 28.8. The molecule has 13 rings (SSSR count). The molecule has 0 unspecified atom stereocenters. The molecule has 0 radical (unpaired) electrons. The van der Waals surface area contributed by atoms with Gasteiger partial charge in [0.05, 0.1) is 16.4 Å². The van der Waals surface area contributed by atoms with Crippen LogP contribution >= 0.6 is 0 Å². The van der Waals surface area contributed by atoms with Gasteiger partial charge in [0.15, 0.2) is 0 Å². The first-order valence-electron chi connectivity index (χ1n) is 20.0. The molecule has 2 heterocycles. The fourth-order valence-corrected chi connectivity index (χ4v) is 10.6. The van der Waals surface area contributed by atoms with Crippen LogP contribution in [0.15, 0.2) is 211 Å². The van der Waals surface area contributed by atoms with E-state index in [1.165, 1.54) is 60.8 Å². The Bertz CT molecular complexity index is 3340. The van der Waals surface area contributed by atoms with Crippen molar-refractivity contribution in [2.75, 3.05) is 4.90 Å². The zero-order valence-electron chi connectivity index (χ0n) is 31.4. The number of rotatable bonds is 4. The SMILES string of the molecule is c1ccc(N(c2ccccc2)c2ccc(-n3c4ccc5oc6ccccc6c5c4c4ccc5c(c43)C3(c4ccccc4-c4ccccc43)c3ccccc3-5)cc2)cc1. The molecule has 0 aliphatic heterocycles. The summed E-state index contributed by atoms with van der Waals surface area (Å²) >= 11 is 0. The summed E-state index contributed by atoms with van der Waals surface area (Å²) in [6.45, 7) is 0. The second-order valence-corrected chi connectivity index (χ2v) is 15.6. The molecule has 1 spiro atoms. The zero-order chi connectivity index (χ0) is 38.0. The molecule has 3 nitrogen and oxygen atoms in total. The molecule has 3 heteroatoms. The van der Waals surface area contributed by atoms with Crippen molar-refractivity contribution in [3.05, 3.63) is 229 Å². The van der Waals surface area contributed by atoms with E-state index in [9.17, 15) is 0 Å². The number of para-hydroxylation sites is 3. The van der Waals surface area contributed by atoms with Crippen molar-refractivity contribution in [1.82, 2.24) is 4.57 Å².